The van der Waals surface area contributed by atoms with Crippen molar-refractivity contribution in [1.82, 2.24) is 10.2 Å². The van der Waals surface area contributed by atoms with E-state index in [1.165, 1.54) is 62.5 Å². The molecule has 7 heteroatoms. The first-order chi connectivity index (χ1) is 23.5. The fourth-order valence-corrected chi connectivity index (χ4v) is 18.2. The highest BCUT2D eigenvalue weighted by atomic mass is 32.2. The lowest BCUT2D eigenvalue weighted by atomic mass is 9.33. The Bertz CT molecular complexity index is 1680. The van der Waals surface area contributed by atoms with Crippen molar-refractivity contribution in [3.05, 3.63) is 35.5 Å². The van der Waals surface area contributed by atoms with Gasteiger partial charge >= 0.3 is 5.97 Å². The zero-order valence-corrected chi connectivity index (χ0v) is 32.6. The molecule has 2 saturated heterocycles. The van der Waals surface area contributed by atoms with Crippen LogP contribution in [0.5, 0.6) is 0 Å². The van der Waals surface area contributed by atoms with Crippen LogP contribution >= 0.6 is 0 Å². The molecular weight excluding hydrogens is 641 g/mol. The van der Waals surface area contributed by atoms with Crippen LogP contribution in [0.15, 0.2) is 35.5 Å². The lowest BCUT2D eigenvalue weighted by Crippen LogP contribution is -2.68. The van der Waals surface area contributed by atoms with Crippen molar-refractivity contribution in [3.8, 4) is 0 Å². The standard InChI is InChI=1S/C43H64N2O4S/c1-25(2)29-10-15-43(44-18-19-45-23-28-22-27(45)24-50(28,48)49)17-16-41(6)33(37(29)43)8-9-35-40(5)13-11-32(26-20-30-31(21-26)36(30)38(46)47)39(3,4)34(40)12-14-42(35,41)7/h11,20,27-31,33-37,44H,1,8-10,12-19,21-24H2,2-7H3,(H,46,47). The summed E-state index contributed by atoms with van der Waals surface area (Å²) in [4.78, 5) is 14.2. The van der Waals surface area contributed by atoms with Crippen molar-refractivity contribution < 1.29 is 18.3 Å². The van der Waals surface area contributed by atoms with Gasteiger partial charge in [0.15, 0.2) is 9.84 Å². The second kappa shape index (κ2) is 10.8. The summed E-state index contributed by atoms with van der Waals surface area (Å²) in [5, 5.41) is 13.8. The summed E-state index contributed by atoms with van der Waals surface area (Å²) in [5.74, 6) is 3.48. The minimum absolute atomic E-state index is 0.106. The van der Waals surface area contributed by atoms with Gasteiger partial charge in [0, 0.05) is 31.2 Å². The lowest BCUT2D eigenvalue weighted by Gasteiger charge is -2.72. The highest BCUT2D eigenvalue weighted by molar-refractivity contribution is 7.92. The number of sulfone groups is 1. The zero-order valence-electron chi connectivity index (χ0n) is 31.8. The minimum atomic E-state index is -2.86. The highest BCUT2D eigenvalue weighted by Gasteiger charge is 2.71. The number of carboxylic acid groups (broad SMARTS) is 1. The van der Waals surface area contributed by atoms with Crippen LogP contribution in [0.3, 0.4) is 0 Å². The second-order valence-electron chi connectivity index (χ2n) is 20.6. The third-order valence-electron chi connectivity index (χ3n) is 18.7. The van der Waals surface area contributed by atoms with E-state index in [2.05, 4.69) is 70.5 Å². The van der Waals surface area contributed by atoms with Gasteiger partial charge in [-0.15, -0.1) is 0 Å². The Morgan fingerprint density at radius 3 is 2.44 bits per heavy atom. The predicted molar refractivity (Wildman–Crippen MR) is 199 cm³/mol. The smallest absolute Gasteiger partial charge is 0.307 e. The molecule has 276 valence electrons. The number of nitrogens with one attached hydrogen (secondary N) is 1. The summed E-state index contributed by atoms with van der Waals surface area (Å²) >= 11 is 0. The molecule has 0 spiro atoms. The number of allylic oxidation sites excluding steroid dienone is 5. The molecule has 0 aromatic carbocycles. The number of carboxylic acids is 1. The molecule has 2 bridgehead atoms. The van der Waals surface area contributed by atoms with Crippen LogP contribution in [0.1, 0.15) is 112 Å². The van der Waals surface area contributed by atoms with Crippen LogP contribution in [-0.2, 0) is 14.6 Å². The first-order valence-corrected chi connectivity index (χ1v) is 22.2. The van der Waals surface area contributed by atoms with Gasteiger partial charge in [0.1, 0.15) is 0 Å². The van der Waals surface area contributed by atoms with E-state index in [1.807, 2.05) is 0 Å². The summed E-state index contributed by atoms with van der Waals surface area (Å²) in [7, 11) is -2.86. The Balaban J connectivity index is 0.964. The molecule has 2 N–H and O–H groups in total. The predicted octanol–water partition coefficient (Wildman–Crippen LogP) is 7.67. The van der Waals surface area contributed by atoms with Gasteiger partial charge in [0.05, 0.1) is 16.9 Å². The maximum atomic E-state index is 12.4. The minimum Gasteiger partial charge on any atom is -0.481 e. The summed E-state index contributed by atoms with van der Waals surface area (Å²) < 4.78 is 24.8. The van der Waals surface area contributed by atoms with E-state index in [1.54, 1.807) is 5.57 Å². The van der Waals surface area contributed by atoms with Gasteiger partial charge in [-0.05, 0) is 152 Å². The molecule has 14 unspecified atom stereocenters. The average Bonchev–Trinajstić information content (AvgIpc) is 3.45. The number of hydrogen-bond donors (Lipinski definition) is 2. The molecule has 0 aromatic heterocycles. The molecule has 0 amide bonds. The van der Waals surface area contributed by atoms with Gasteiger partial charge in [-0.25, -0.2) is 8.42 Å². The molecule has 0 aromatic rings. The Hall–Kier alpha value is -1.44. The van der Waals surface area contributed by atoms with Crippen LogP contribution in [0.2, 0.25) is 0 Å². The Morgan fingerprint density at radius 2 is 1.80 bits per heavy atom. The molecule has 7 fully saturated rings. The fraction of sp³-hybridized carbons (Fsp3) is 0.837. The van der Waals surface area contributed by atoms with E-state index < -0.39 is 15.8 Å². The Kier molecular flexibility index (Phi) is 7.44. The van der Waals surface area contributed by atoms with Crippen LogP contribution in [0, 0.1) is 69.0 Å². The number of rotatable bonds is 7. The van der Waals surface area contributed by atoms with Gasteiger partial charge in [-0.2, -0.15) is 0 Å². The normalized spacial score (nSPS) is 52.2. The number of nitrogens with zero attached hydrogens (tertiary/aromatic N) is 1. The van der Waals surface area contributed by atoms with E-state index >= 15 is 0 Å². The van der Waals surface area contributed by atoms with Crippen LogP contribution in [0.25, 0.3) is 0 Å². The molecule has 2 heterocycles. The summed E-state index contributed by atoms with van der Waals surface area (Å²) in [6, 6.07) is 0.230. The fourth-order valence-electron chi connectivity index (χ4n) is 16.1. The molecule has 14 atom stereocenters. The molecule has 50 heavy (non-hydrogen) atoms. The van der Waals surface area contributed by atoms with Gasteiger partial charge in [-0.3, -0.25) is 9.69 Å². The van der Waals surface area contributed by atoms with Crippen molar-refractivity contribution in [2.45, 2.75) is 129 Å². The van der Waals surface area contributed by atoms with E-state index in [0.29, 0.717) is 52.1 Å². The van der Waals surface area contributed by atoms with Crippen LogP contribution in [0.4, 0.5) is 0 Å². The molecule has 9 rings (SSSR count). The largest absolute Gasteiger partial charge is 0.481 e. The molecule has 0 radical (unpaired) electrons. The number of hydrogen-bond acceptors (Lipinski definition) is 5. The third-order valence-corrected chi connectivity index (χ3v) is 20.9. The number of likely N-dealkylation sites (tertiary alicyclic amines) is 1. The van der Waals surface area contributed by atoms with Crippen molar-refractivity contribution >= 4 is 15.8 Å². The van der Waals surface area contributed by atoms with Crippen molar-refractivity contribution in [2.24, 2.45) is 69.0 Å². The first-order valence-electron chi connectivity index (χ1n) is 20.5. The summed E-state index contributed by atoms with van der Waals surface area (Å²) in [6.45, 7) is 22.8. The zero-order chi connectivity index (χ0) is 35.4. The van der Waals surface area contributed by atoms with Crippen molar-refractivity contribution in [1.29, 1.82) is 0 Å². The van der Waals surface area contributed by atoms with Crippen molar-refractivity contribution in [3.63, 3.8) is 0 Å². The monoisotopic (exact) mass is 704 g/mol. The third kappa shape index (κ3) is 4.44. The molecule has 9 aliphatic rings. The van der Waals surface area contributed by atoms with E-state index in [9.17, 15) is 18.3 Å². The number of carbonyl (C=O) groups is 1. The van der Waals surface area contributed by atoms with Crippen LogP contribution < -0.4 is 5.32 Å². The topological polar surface area (TPSA) is 86.7 Å². The van der Waals surface area contributed by atoms with E-state index in [0.717, 1.165) is 38.9 Å². The quantitative estimate of drug-likeness (QED) is 0.265. The molecule has 5 saturated carbocycles. The maximum Gasteiger partial charge on any atom is 0.307 e. The SMILES string of the molecule is C=C(C)C1CCC2(NCCN3CC4CC3CS4(=O)=O)CCC3(C)C(CCC4C5(C)CC=C(C6=CC7C(C6)C7C(=O)O)C(C)(C)C5CCC43C)C12. The van der Waals surface area contributed by atoms with Gasteiger partial charge in [0.2, 0.25) is 0 Å². The Labute approximate surface area is 302 Å². The van der Waals surface area contributed by atoms with E-state index in [4.69, 9.17) is 0 Å². The van der Waals surface area contributed by atoms with Crippen LogP contribution in [-0.4, -0.2) is 66.6 Å². The first kappa shape index (κ1) is 34.3. The molecule has 2 aliphatic heterocycles. The molecular formula is C43H64N2O4S. The second-order valence-corrected chi connectivity index (χ2v) is 23.0. The van der Waals surface area contributed by atoms with Gasteiger partial charge < -0.3 is 10.4 Å². The lowest BCUT2D eigenvalue weighted by molar-refractivity contribution is -0.221. The summed E-state index contributed by atoms with van der Waals surface area (Å²) in [5.41, 5.74) is 5.56. The Morgan fingerprint density at radius 1 is 1.02 bits per heavy atom. The molecule has 6 nitrogen and oxygen atoms in total. The van der Waals surface area contributed by atoms with Crippen molar-refractivity contribution in [2.75, 3.05) is 25.4 Å². The summed E-state index contributed by atoms with van der Waals surface area (Å²) in [6.07, 6.45) is 18.3. The number of aliphatic carboxylic acids is 1. The number of fused-ring (bicyclic) bond motifs is 10. The van der Waals surface area contributed by atoms with Gasteiger partial charge in [-0.1, -0.05) is 58.9 Å². The van der Waals surface area contributed by atoms with Gasteiger partial charge in [0.25, 0.3) is 0 Å². The highest BCUT2D eigenvalue weighted by Crippen LogP contribution is 2.77. The molecule has 7 aliphatic carbocycles. The average molecular weight is 705 g/mol. The maximum absolute atomic E-state index is 12.4. The van der Waals surface area contributed by atoms with E-state index in [-0.39, 0.29) is 39.5 Å².